The summed E-state index contributed by atoms with van der Waals surface area (Å²) in [6.07, 6.45) is 7.55. The largest absolute Gasteiger partial charge is 0.381 e. The van der Waals surface area contributed by atoms with Gasteiger partial charge in [0.05, 0.1) is 21.1 Å². The molecule has 9 heteroatoms. The molecule has 1 saturated heterocycles. The SMILES string of the molecule is CCc1ccc2nc(C[C@H](CC(=O)NC)C(=O)N[C@H](CCC(=O)/C=C/CN(C)C)C3CCOCC3)sc2c1. The Kier molecular flexibility index (Phi) is 11.9. The van der Waals surface area contributed by atoms with Gasteiger partial charge >= 0.3 is 0 Å². The summed E-state index contributed by atoms with van der Waals surface area (Å²) in [4.78, 5) is 45.2. The molecule has 2 aromatic rings. The van der Waals surface area contributed by atoms with Crippen LogP contribution in [-0.4, -0.2) is 74.4 Å². The third kappa shape index (κ3) is 9.29. The first-order chi connectivity index (χ1) is 18.3. The number of allylic oxidation sites excluding steroid dienone is 1. The van der Waals surface area contributed by atoms with Gasteiger partial charge in [-0.2, -0.15) is 0 Å². The monoisotopic (exact) mass is 542 g/mol. The summed E-state index contributed by atoms with van der Waals surface area (Å²) in [6.45, 7) is 4.13. The number of aryl methyl sites for hydroxylation is 1. The molecule has 1 aromatic heterocycles. The smallest absolute Gasteiger partial charge is 0.224 e. The second-order valence-electron chi connectivity index (χ2n) is 10.3. The van der Waals surface area contributed by atoms with Crippen molar-refractivity contribution in [2.75, 3.05) is 40.9 Å². The van der Waals surface area contributed by atoms with Crippen LogP contribution in [0.25, 0.3) is 10.2 Å². The number of nitrogens with one attached hydrogen (secondary N) is 2. The number of amides is 2. The number of thiazole rings is 1. The number of carbonyl (C=O) groups excluding carboxylic acids is 3. The molecule has 2 N–H and O–H groups in total. The molecule has 0 bridgehead atoms. The molecule has 208 valence electrons. The number of ether oxygens (including phenoxy) is 1. The van der Waals surface area contributed by atoms with Crippen molar-refractivity contribution in [1.29, 1.82) is 0 Å². The van der Waals surface area contributed by atoms with Gasteiger partial charge in [0.2, 0.25) is 11.8 Å². The van der Waals surface area contributed by atoms with Gasteiger partial charge in [0, 0.05) is 52.1 Å². The lowest BCUT2D eigenvalue weighted by Crippen LogP contribution is -2.46. The highest BCUT2D eigenvalue weighted by Gasteiger charge is 2.30. The lowest BCUT2D eigenvalue weighted by atomic mass is 9.87. The van der Waals surface area contributed by atoms with Gasteiger partial charge in [0.1, 0.15) is 0 Å². The first-order valence-electron chi connectivity index (χ1n) is 13.6. The van der Waals surface area contributed by atoms with Gasteiger partial charge in [-0.3, -0.25) is 14.4 Å². The molecule has 2 atom stereocenters. The molecule has 2 heterocycles. The quantitative estimate of drug-likeness (QED) is 0.354. The van der Waals surface area contributed by atoms with E-state index in [0.29, 0.717) is 39.0 Å². The molecule has 1 aromatic carbocycles. The van der Waals surface area contributed by atoms with E-state index in [9.17, 15) is 14.4 Å². The summed E-state index contributed by atoms with van der Waals surface area (Å²) in [5.41, 5.74) is 2.17. The van der Waals surface area contributed by atoms with Crippen LogP contribution in [0.15, 0.2) is 30.4 Å². The molecule has 0 aliphatic carbocycles. The van der Waals surface area contributed by atoms with E-state index < -0.39 is 5.92 Å². The number of fused-ring (bicyclic) bond motifs is 1. The zero-order valence-electron chi connectivity index (χ0n) is 23.1. The minimum atomic E-state index is -0.542. The van der Waals surface area contributed by atoms with E-state index in [2.05, 4.69) is 29.7 Å². The average molecular weight is 543 g/mol. The van der Waals surface area contributed by atoms with E-state index in [1.54, 1.807) is 24.5 Å². The van der Waals surface area contributed by atoms with Gasteiger partial charge in [-0.15, -0.1) is 11.3 Å². The fourth-order valence-corrected chi connectivity index (χ4v) is 5.85. The molecule has 0 spiro atoms. The lowest BCUT2D eigenvalue weighted by Gasteiger charge is -2.32. The minimum absolute atomic E-state index is 0.0565. The number of aromatic nitrogens is 1. The second kappa shape index (κ2) is 15.1. The van der Waals surface area contributed by atoms with Gasteiger partial charge in [-0.05, 0) is 69.5 Å². The molecule has 1 fully saturated rings. The third-order valence-electron chi connectivity index (χ3n) is 7.05. The van der Waals surface area contributed by atoms with Crippen LogP contribution in [0, 0.1) is 11.8 Å². The summed E-state index contributed by atoms with van der Waals surface area (Å²) in [5.74, 6) is -0.584. The van der Waals surface area contributed by atoms with Crippen LogP contribution < -0.4 is 10.6 Å². The molecule has 2 amide bonds. The van der Waals surface area contributed by atoms with E-state index in [4.69, 9.17) is 9.72 Å². The molecule has 0 saturated carbocycles. The Morgan fingerprint density at radius 2 is 2.00 bits per heavy atom. The zero-order valence-corrected chi connectivity index (χ0v) is 23.9. The van der Waals surface area contributed by atoms with Gasteiger partial charge in [-0.25, -0.2) is 4.98 Å². The van der Waals surface area contributed by atoms with Crippen LogP contribution in [0.1, 0.15) is 49.6 Å². The van der Waals surface area contributed by atoms with Gasteiger partial charge in [0.25, 0.3) is 0 Å². The first kappa shape index (κ1) is 29.9. The molecular weight excluding hydrogens is 500 g/mol. The Labute approximate surface area is 230 Å². The summed E-state index contributed by atoms with van der Waals surface area (Å²) in [7, 11) is 5.50. The summed E-state index contributed by atoms with van der Waals surface area (Å²) >= 11 is 1.58. The van der Waals surface area contributed by atoms with E-state index in [-0.39, 0.29) is 36.0 Å². The fraction of sp³-hybridized carbons (Fsp3) is 0.586. The summed E-state index contributed by atoms with van der Waals surface area (Å²) in [5, 5.41) is 6.74. The number of ketones is 1. The molecule has 0 radical (unpaired) electrons. The van der Waals surface area contributed by atoms with Crippen molar-refractivity contribution in [3.8, 4) is 0 Å². The molecule has 38 heavy (non-hydrogen) atoms. The van der Waals surface area contributed by atoms with Crippen molar-refractivity contribution < 1.29 is 19.1 Å². The van der Waals surface area contributed by atoms with Crippen LogP contribution in [0.2, 0.25) is 0 Å². The van der Waals surface area contributed by atoms with Crippen molar-refractivity contribution in [2.45, 2.75) is 57.9 Å². The number of hydrogen-bond acceptors (Lipinski definition) is 7. The van der Waals surface area contributed by atoms with Crippen LogP contribution in [0.4, 0.5) is 0 Å². The maximum atomic E-state index is 13.6. The number of benzene rings is 1. The van der Waals surface area contributed by atoms with Gasteiger partial charge in [-0.1, -0.05) is 19.1 Å². The number of rotatable bonds is 14. The molecule has 8 nitrogen and oxygen atoms in total. The Balaban J connectivity index is 1.73. The molecule has 0 unspecified atom stereocenters. The van der Waals surface area contributed by atoms with Crippen LogP contribution in [0.3, 0.4) is 0 Å². The summed E-state index contributed by atoms with van der Waals surface area (Å²) in [6, 6.07) is 6.10. The second-order valence-corrected chi connectivity index (χ2v) is 11.4. The Morgan fingerprint density at radius 1 is 1.24 bits per heavy atom. The first-order valence-corrected chi connectivity index (χ1v) is 14.4. The molecule has 1 aliphatic rings. The van der Waals surface area contributed by atoms with Gasteiger partial charge in [0.15, 0.2) is 5.78 Å². The van der Waals surface area contributed by atoms with Crippen molar-refractivity contribution in [1.82, 2.24) is 20.5 Å². The number of carbonyl (C=O) groups is 3. The Morgan fingerprint density at radius 3 is 2.68 bits per heavy atom. The Bertz CT molecular complexity index is 1110. The average Bonchev–Trinajstić information content (AvgIpc) is 3.32. The van der Waals surface area contributed by atoms with Crippen molar-refractivity contribution in [2.24, 2.45) is 11.8 Å². The van der Waals surface area contributed by atoms with Crippen LogP contribution in [0.5, 0.6) is 0 Å². The molecule has 1 aliphatic heterocycles. The van der Waals surface area contributed by atoms with Crippen LogP contribution >= 0.6 is 11.3 Å². The highest BCUT2D eigenvalue weighted by molar-refractivity contribution is 7.18. The third-order valence-corrected chi connectivity index (χ3v) is 8.09. The van der Waals surface area contributed by atoms with Crippen LogP contribution in [-0.2, 0) is 32.0 Å². The highest BCUT2D eigenvalue weighted by Crippen LogP contribution is 2.27. The number of hydrogen-bond donors (Lipinski definition) is 2. The fourth-order valence-electron chi connectivity index (χ4n) is 4.74. The Hall–Kier alpha value is -2.62. The van der Waals surface area contributed by atoms with E-state index in [0.717, 1.165) is 34.5 Å². The topological polar surface area (TPSA) is 101 Å². The zero-order chi connectivity index (χ0) is 27.5. The van der Waals surface area contributed by atoms with E-state index in [1.807, 2.05) is 31.1 Å². The minimum Gasteiger partial charge on any atom is -0.381 e. The summed E-state index contributed by atoms with van der Waals surface area (Å²) < 4.78 is 6.64. The lowest BCUT2D eigenvalue weighted by molar-refractivity contribution is -0.131. The normalized spacial score (nSPS) is 16.1. The van der Waals surface area contributed by atoms with Crippen molar-refractivity contribution in [3.05, 3.63) is 40.9 Å². The molecular formula is C29H42N4O4S. The van der Waals surface area contributed by atoms with Crippen molar-refractivity contribution in [3.63, 3.8) is 0 Å². The van der Waals surface area contributed by atoms with Gasteiger partial charge < -0.3 is 20.3 Å². The highest BCUT2D eigenvalue weighted by atomic mass is 32.1. The standard InChI is InChI=1S/C29H42N4O4S/c1-5-20-8-10-25-26(17-20)38-28(31-25)19-22(18-27(35)30-2)29(36)32-24(21-12-15-37-16-13-21)11-9-23(34)7-6-14-33(3)4/h6-8,10,17,21-22,24H,5,9,11-16,18-19H2,1-4H3,(H,30,35)(H,32,36)/b7-6+/t22-,24+/m0/s1. The maximum absolute atomic E-state index is 13.6. The number of likely N-dealkylation sites (N-methyl/N-ethyl adjacent to an activating group) is 1. The predicted octanol–water partition coefficient (Wildman–Crippen LogP) is 3.53. The van der Waals surface area contributed by atoms with Crippen molar-refractivity contribution >= 4 is 39.2 Å². The number of nitrogens with zero attached hydrogens (tertiary/aromatic N) is 2. The molecule has 3 rings (SSSR count). The van der Waals surface area contributed by atoms with E-state index in [1.165, 1.54) is 5.56 Å². The maximum Gasteiger partial charge on any atom is 0.224 e. The van der Waals surface area contributed by atoms with E-state index >= 15 is 0 Å². The predicted molar refractivity (Wildman–Crippen MR) is 152 cm³/mol.